The molecule has 0 radical (unpaired) electrons. The van der Waals surface area contributed by atoms with Gasteiger partial charge in [-0.3, -0.25) is 14.9 Å². The molecule has 25 heavy (non-hydrogen) atoms. The summed E-state index contributed by atoms with van der Waals surface area (Å²) in [5.41, 5.74) is -0.194. The van der Waals surface area contributed by atoms with Crippen molar-refractivity contribution < 1.29 is 19.2 Å². The van der Waals surface area contributed by atoms with Crippen LogP contribution >= 0.6 is 22.9 Å². The van der Waals surface area contributed by atoms with Crippen molar-refractivity contribution in [2.24, 2.45) is 0 Å². The van der Waals surface area contributed by atoms with Crippen molar-refractivity contribution in [1.29, 1.82) is 0 Å². The maximum absolute atomic E-state index is 12.2. The van der Waals surface area contributed by atoms with Crippen LogP contribution in [0.2, 0.25) is 4.34 Å². The summed E-state index contributed by atoms with van der Waals surface area (Å²) in [6, 6.07) is 8.74. The molecule has 1 heterocycles. The number of carbonyl (C=O) groups is 2. The van der Waals surface area contributed by atoms with Gasteiger partial charge in [-0.2, -0.15) is 0 Å². The Hall–Kier alpha value is -2.45. The van der Waals surface area contributed by atoms with Gasteiger partial charge in [0.2, 0.25) is 0 Å². The van der Waals surface area contributed by atoms with E-state index in [1.165, 1.54) is 34.4 Å². The highest BCUT2D eigenvalue weighted by molar-refractivity contribution is 7.16. The van der Waals surface area contributed by atoms with Gasteiger partial charge in [-0.05, 0) is 25.1 Å². The van der Waals surface area contributed by atoms with Crippen LogP contribution in [0.25, 0.3) is 0 Å². The zero-order chi connectivity index (χ0) is 18.4. The van der Waals surface area contributed by atoms with Gasteiger partial charge in [0, 0.05) is 23.6 Å². The third-order valence-corrected chi connectivity index (χ3v) is 4.55. The molecule has 2 rings (SSSR count). The van der Waals surface area contributed by atoms with Gasteiger partial charge in [0.25, 0.3) is 11.6 Å². The van der Waals surface area contributed by atoms with Crippen LogP contribution in [0.5, 0.6) is 0 Å². The third kappa shape index (κ3) is 5.27. The van der Waals surface area contributed by atoms with E-state index in [1.807, 2.05) is 13.0 Å². The summed E-state index contributed by atoms with van der Waals surface area (Å²) in [6.45, 7) is 2.20. The maximum atomic E-state index is 12.2. The first-order chi connectivity index (χ1) is 11.9. The van der Waals surface area contributed by atoms with E-state index >= 15 is 0 Å². The summed E-state index contributed by atoms with van der Waals surface area (Å²) < 4.78 is 5.61. The first kappa shape index (κ1) is 18.9. The number of amides is 1. The van der Waals surface area contributed by atoms with E-state index in [1.54, 1.807) is 6.07 Å². The highest BCUT2D eigenvalue weighted by Gasteiger charge is 2.17. The SMILES string of the molecule is CCN(Cc1ccc(Cl)s1)C(=O)COC(=O)c1cccc([N+](=O)[O-])c1. The Balaban J connectivity index is 1.94. The average molecular weight is 383 g/mol. The Kier molecular flexibility index (Phi) is 6.49. The predicted octanol–water partition coefficient (Wildman–Crippen LogP) is 3.52. The summed E-state index contributed by atoms with van der Waals surface area (Å²) >= 11 is 7.24. The number of hydrogen-bond donors (Lipinski definition) is 0. The van der Waals surface area contributed by atoms with Crippen LogP contribution in [0.4, 0.5) is 5.69 Å². The zero-order valence-electron chi connectivity index (χ0n) is 13.3. The van der Waals surface area contributed by atoms with E-state index in [2.05, 4.69) is 0 Å². The molecular formula is C16H15ClN2O5S. The van der Waals surface area contributed by atoms with Crippen LogP contribution in [0, 0.1) is 10.1 Å². The van der Waals surface area contributed by atoms with E-state index in [0.29, 0.717) is 17.4 Å². The first-order valence-electron chi connectivity index (χ1n) is 7.34. The number of non-ortho nitro benzene ring substituents is 1. The first-order valence-corrected chi connectivity index (χ1v) is 8.53. The number of nitro benzene ring substituents is 1. The second kappa shape index (κ2) is 8.59. The van der Waals surface area contributed by atoms with Gasteiger partial charge in [0.1, 0.15) is 0 Å². The van der Waals surface area contributed by atoms with Crippen molar-refractivity contribution >= 4 is 40.5 Å². The van der Waals surface area contributed by atoms with Crippen molar-refractivity contribution in [2.75, 3.05) is 13.2 Å². The summed E-state index contributed by atoms with van der Waals surface area (Å²) in [5.74, 6) is -1.14. The van der Waals surface area contributed by atoms with Gasteiger partial charge in [-0.15, -0.1) is 11.3 Å². The van der Waals surface area contributed by atoms with E-state index in [0.717, 1.165) is 10.9 Å². The topological polar surface area (TPSA) is 89.8 Å². The number of nitro groups is 1. The molecule has 0 fully saturated rings. The lowest BCUT2D eigenvalue weighted by Gasteiger charge is -2.19. The van der Waals surface area contributed by atoms with Crippen molar-refractivity contribution in [2.45, 2.75) is 13.5 Å². The number of benzene rings is 1. The van der Waals surface area contributed by atoms with Crippen molar-refractivity contribution in [3.05, 3.63) is 61.3 Å². The van der Waals surface area contributed by atoms with E-state index < -0.39 is 17.5 Å². The lowest BCUT2D eigenvalue weighted by Crippen LogP contribution is -2.33. The molecule has 0 saturated carbocycles. The molecule has 1 aromatic heterocycles. The highest BCUT2D eigenvalue weighted by atomic mass is 35.5. The molecular weight excluding hydrogens is 368 g/mol. The second-order valence-corrected chi connectivity index (χ2v) is 6.80. The van der Waals surface area contributed by atoms with Crippen LogP contribution in [0.15, 0.2) is 36.4 Å². The average Bonchev–Trinajstić information content (AvgIpc) is 3.02. The lowest BCUT2D eigenvalue weighted by atomic mass is 10.2. The van der Waals surface area contributed by atoms with E-state index in [-0.39, 0.29) is 17.2 Å². The summed E-state index contributed by atoms with van der Waals surface area (Å²) in [7, 11) is 0. The standard InChI is InChI=1S/C16H15ClN2O5S/c1-2-18(9-13-6-7-14(17)25-13)15(20)10-24-16(21)11-4-3-5-12(8-11)19(22)23/h3-8H,2,9-10H2,1H3. The number of likely N-dealkylation sites (N-methyl/N-ethyl adjacent to an activating group) is 1. The van der Waals surface area contributed by atoms with Crippen LogP contribution in [-0.2, 0) is 16.1 Å². The van der Waals surface area contributed by atoms with E-state index in [9.17, 15) is 19.7 Å². The maximum Gasteiger partial charge on any atom is 0.338 e. The lowest BCUT2D eigenvalue weighted by molar-refractivity contribution is -0.384. The molecule has 0 spiro atoms. The molecule has 0 saturated heterocycles. The third-order valence-electron chi connectivity index (χ3n) is 3.33. The molecule has 0 aliphatic heterocycles. The Labute approximate surface area is 152 Å². The molecule has 1 amide bonds. The summed E-state index contributed by atoms with van der Waals surface area (Å²) in [4.78, 5) is 36.8. The largest absolute Gasteiger partial charge is 0.452 e. The van der Waals surface area contributed by atoms with E-state index in [4.69, 9.17) is 16.3 Å². The second-order valence-electron chi connectivity index (χ2n) is 5.00. The number of halogens is 1. The van der Waals surface area contributed by atoms with Gasteiger partial charge in [0.15, 0.2) is 6.61 Å². The fourth-order valence-corrected chi connectivity index (χ4v) is 3.15. The zero-order valence-corrected chi connectivity index (χ0v) is 14.9. The molecule has 2 aromatic rings. The quantitative estimate of drug-likeness (QED) is 0.415. The van der Waals surface area contributed by atoms with Crippen molar-refractivity contribution in [3.8, 4) is 0 Å². The molecule has 0 N–H and O–H groups in total. The number of hydrogen-bond acceptors (Lipinski definition) is 6. The fourth-order valence-electron chi connectivity index (χ4n) is 2.05. The Morgan fingerprint density at radius 3 is 2.68 bits per heavy atom. The number of ether oxygens (including phenoxy) is 1. The number of rotatable bonds is 7. The fraction of sp³-hybridized carbons (Fsp3) is 0.250. The minimum atomic E-state index is -0.785. The Morgan fingerprint density at radius 2 is 2.08 bits per heavy atom. The van der Waals surface area contributed by atoms with Crippen LogP contribution < -0.4 is 0 Å². The molecule has 1 aromatic carbocycles. The van der Waals surface area contributed by atoms with Gasteiger partial charge >= 0.3 is 5.97 Å². The van der Waals surface area contributed by atoms with Gasteiger partial charge in [-0.25, -0.2) is 4.79 Å². The number of esters is 1. The molecule has 132 valence electrons. The minimum Gasteiger partial charge on any atom is -0.452 e. The molecule has 0 aliphatic rings. The monoisotopic (exact) mass is 382 g/mol. The van der Waals surface area contributed by atoms with Gasteiger partial charge in [-0.1, -0.05) is 17.7 Å². The van der Waals surface area contributed by atoms with Crippen LogP contribution in [0.3, 0.4) is 0 Å². The predicted molar refractivity (Wildman–Crippen MR) is 93.8 cm³/mol. The smallest absolute Gasteiger partial charge is 0.338 e. The number of thiophene rings is 1. The molecule has 0 unspecified atom stereocenters. The number of nitrogens with zero attached hydrogens (tertiary/aromatic N) is 2. The molecule has 0 aliphatic carbocycles. The van der Waals surface area contributed by atoms with Crippen LogP contribution in [0.1, 0.15) is 22.2 Å². The minimum absolute atomic E-state index is 0.0232. The Bertz CT molecular complexity index is 792. The molecule has 0 atom stereocenters. The Morgan fingerprint density at radius 1 is 1.32 bits per heavy atom. The molecule has 7 nitrogen and oxygen atoms in total. The summed E-state index contributed by atoms with van der Waals surface area (Å²) in [5, 5.41) is 10.7. The van der Waals surface area contributed by atoms with Crippen molar-refractivity contribution in [3.63, 3.8) is 0 Å². The van der Waals surface area contributed by atoms with Gasteiger partial charge in [0.05, 0.1) is 21.4 Å². The van der Waals surface area contributed by atoms with Gasteiger partial charge < -0.3 is 9.64 Å². The number of carbonyl (C=O) groups excluding carboxylic acids is 2. The normalized spacial score (nSPS) is 10.3. The van der Waals surface area contributed by atoms with Crippen LogP contribution in [-0.4, -0.2) is 34.9 Å². The molecule has 0 bridgehead atoms. The summed E-state index contributed by atoms with van der Waals surface area (Å²) in [6.07, 6.45) is 0. The highest BCUT2D eigenvalue weighted by Crippen LogP contribution is 2.22. The van der Waals surface area contributed by atoms with Crippen molar-refractivity contribution in [1.82, 2.24) is 4.90 Å². The molecule has 9 heteroatoms.